The van der Waals surface area contributed by atoms with Gasteiger partial charge in [-0.2, -0.15) is 20.1 Å². The van der Waals surface area contributed by atoms with Crippen molar-refractivity contribution in [2.75, 3.05) is 65.8 Å². The summed E-state index contributed by atoms with van der Waals surface area (Å²) in [5.41, 5.74) is 5.15. The van der Waals surface area contributed by atoms with Crippen LogP contribution in [0.5, 0.6) is 5.75 Å². The number of imide groups is 1. The smallest absolute Gasteiger partial charge is 0.329 e. The molecule has 0 aliphatic carbocycles. The Balaban J connectivity index is 0.758. The number of hydrogen-bond acceptors (Lipinski definition) is 13. The van der Waals surface area contributed by atoms with Gasteiger partial charge in [-0.1, -0.05) is 11.3 Å². The number of hydrogen-bond donors (Lipinski definition) is 2. The lowest BCUT2D eigenvalue weighted by Gasteiger charge is -2.43. The van der Waals surface area contributed by atoms with E-state index < -0.39 is 12.3 Å². The molecule has 16 nitrogen and oxygen atoms in total. The number of ether oxygens (including phenoxy) is 1. The quantitative estimate of drug-likeness (QED) is 0.227. The van der Waals surface area contributed by atoms with Crippen LogP contribution in [0.1, 0.15) is 36.7 Å². The van der Waals surface area contributed by atoms with Gasteiger partial charge in [0.25, 0.3) is 0 Å². The van der Waals surface area contributed by atoms with Crippen LogP contribution in [0, 0.1) is 12.7 Å². The Morgan fingerprint density at radius 3 is 2.53 bits per heavy atom. The first-order chi connectivity index (χ1) is 27.8. The third-order valence-electron chi connectivity index (χ3n) is 11.4. The molecular formula is C39H40FN13O3S. The van der Waals surface area contributed by atoms with Gasteiger partial charge in [-0.15, -0.1) is 0 Å². The molecule has 3 fully saturated rings. The number of pyridine rings is 1. The van der Waals surface area contributed by atoms with Crippen LogP contribution >= 0.6 is 11.3 Å². The van der Waals surface area contributed by atoms with E-state index in [9.17, 15) is 14.0 Å². The van der Waals surface area contributed by atoms with Gasteiger partial charge in [0.05, 0.1) is 34.2 Å². The van der Waals surface area contributed by atoms with E-state index in [4.69, 9.17) is 9.72 Å². The number of urea groups is 1. The van der Waals surface area contributed by atoms with E-state index in [0.29, 0.717) is 41.2 Å². The van der Waals surface area contributed by atoms with Crippen molar-refractivity contribution in [2.24, 2.45) is 7.05 Å². The lowest BCUT2D eigenvalue weighted by atomic mass is 10.0. The predicted octanol–water partition coefficient (Wildman–Crippen LogP) is 4.86. The molecule has 57 heavy (non-hydrogen) atoms. The molecule has 292 valence electrons. The van der Waals surface area contributed by atoms with Gasteiger partial charge in [0.15, 0.2) is 28.7 Å². The standard InChI is InChI=1S/C39H40FN13O3S/c1-23-34(24-19-32-35(41-22-24)46-37(56-32)29-20-25(40)3-6-30(29)53-42-10-11-43-53)57-39(44-23)51-17-15-50(16-18-51)26-7-12-49(13-8-26)27-4-5-28-31(21-27)48(2)47-36(28)52-14-9-33(54)45-38(52)55/h3-6,10-11,19-22,26,37H,7-9,12-18H2,1-2H3,(H,41,46)(H,45,54,55)/t37-/m1/s1. The molecule has 2 N–H and O–H groups in total. The average molecular weight is 790 g/mol. The first-order valence-corrected chi connectivity index (χ1v) is 20.0. The van der Waals surface area contributed by atoms with E-state index in [1.165, 1.54) is 16.9 Å². The van der Waals surface area contributed by atoms with E-state index in [2.05, 4.69) is 57.7 Å². The molecule has 18 heteroatoms. The molecule has 0 saturated carbocycles. The first kappa shape index (κ1) is 35.3. The number of nitrogens with one attached hydrogen (secondary N) is 2. The van der Waals surface area contributed by atoms with Crippen LogP contribution in [0.25, 0.3) is 27.0 Å². The number of nitrogens with zero attached hydrogens (tertiary/aromatic N) is 11. The largest absolute Gasteiger partial charge is 0.462 e. The molecule has 2 aromatic carbocycles. The number of piperazine rings is 1. The predicted molar refractivity (Wildman–Crippen MR) is 214 cm³/mol. The summed E-state index contributed by atoms with van der Waals surface area (Å²) in [6.07, 6.45) is 6.76. The summed E-state index contributed by atoms with van der Waals surface area (Å²) in [7, 11) is 1.89. The van der Waals surface area contributed by atoms with Crippen molar-refractivity contribution >= 4 is 56.6 Å². The van der Waals surface area contributed by atoms with E-state index in [-0.39, 0.29) is 18.1 Å². The highest BCUT2D eigenvalue weighted by atomic mass is 32.1. The van der Waals surface area contributed by atoms with E-state index in [0.717, 1.165) is 90.0 Å². The zero-order chi connectivity index (χ0) is 38.8. The van der Waals surface area contributed by atoms with Crippen molar-refractivity contribution in [3.8, 4) is 21.9 Å². The fourth-order valence-electron chi connectivity index (χ4n) is 8.39. The number of anilines is 4. The van der Waals surface area contributed by atoms with Crippen molar-refractivity contribution in [2.45, 2.75) is 38.5 Å². The number of carbonyl (C=O) groups is 2. The molecule has 1 atom stereocenters. The van der Waals surface area contributed by atoms with Crippen LogP contribution in [0.2, 0.25) is 0 Å². The number of amides is 3. The normalized spacial score (nSPS) is 19.2. The SMILES string of the molecule is Cc1nc(N2CCN(C3CCN(c4ccc5c(N6CCC(=O)NC6=O)nn(C)c5c4)CC3)CC2)sc1-c1cnc2c(c1)O[C@H](c1cc(F)ccc1-n1nccn1)N2. The molecule has 4 aliphatic heterocycles. The van der Waals surface area contributed by atoms with Gasteiger partial charge in [0.1, 0.15) is 5.82 Å². The van der Waals surface area contributed by atoms with Crippen LogP contribution in [-0.2, 0) is 11.8 Å². The minimum Gasteiger partial charge on any atom is -0.462 e. The maximum Gasteiger partial charge on any atom is 0.329 e. The van der Waals surface area contributed by atoms with Crippen LogP contribution in [0.4, 0.5) is 31.6 Å². The number of thiazole rings is 1. The minimum atomic E-state index is -0.655. The number of aromatic nitrogens is 7. The van der Waals surface area contributed by atoms with Gasteiger partial charge in [-0.25, -0.2) is 19.2 Å². The first-order valence-electron chi connectivity index (χ1n) is 19.1. The maximum atomic E-state index is 14.4. The zero-order valence-corrected chi connectivity index (χ0v) is 32.2. The number of halogens is 1. The third-order valence-corrected chi connectivity index (χ3v) is 12.6. The highest BCUT2D eigenvalue weighted by molar-refractivity contribution is 7.19. The van der Waals surface area contributed by atoms with E-state index in [1.807, 2.05) is 37.0 Å². The number of benzene rings is 2. The molecule has 0 bridgehead atoms. The molecule has 10 rings (SSSR count). The lowest BCUT2D eigenvalue weighted by Crippen LogP contribution is -2.53. The molecule has 8 heterocycles. The second kappa shape index (κ2) is 14.1. The molecule has 6 aromatic rings. The van der Waals surface area contributed by atoms with Crippen LogP contribution < -0.4 is 30.1 Å². The molecule has 0 unspecified atom stereocenters. The zero-order valence-electron chi connectivity index (χ0n) is 31.4. The van der Waals surface area contributed by atoms with E-state index >= 15 is 0 Å². The monoisotopic (exact) mass is 789 g/mol. The lowest BCUT2D eigenvalue weighted by molar-refractivity contribution is -0.120. The summed E-state index contributed by atoms with van der Waals surface area (Å²) in [5.74, 6) is 1.12. The number of carbonyl (C=O) groups excluding carboxylic acids is 2. The Morgan fingerprint density at radius 1 is 0.930 bits per heavy atom. The van der Waals surface area contributed by atoms with Crippen LogP contribution in [-0.4, -0.2) is 103 Å². The van der Waals surface area contributed by atoms with Gasteiger partial charge >= 0.3 is 6.03 Å². The van der Waals surface area contributed by atoms with Gasteiger partial charge in [0, 0.05) is 93.7 Å². The summed E-state index contributed by atoms with van der Waals surface area (Å²) >= 11 is 1.67. The van der Waals surface area contributed by atoms with Gasteiger partial charge in [-0.05, 0) is 62.2 Å². The molecule has 3 amide bonds. The maximum absolute atomic E-state index is 14.4. The Hall–Kier alpha value is -6.14. The van der Waals surface area contributed by atoms with Gasteiger partial charge in [-0.3, -0.25) is 24.6 Å². The van der Waals surface area contributed by atoms with Crippen molar-refractivity contribution < 1.29 is 18.7 Å². The Kier molecular flexibility index (Phi) is 8.73. The van der Waals surface area contributed by atoms with Gasteiger partial charge in [0.2, 0.25) is 5.91 Å². The molecule has 0 radical (unpaired) electrons. The molecule has 0 spiro atoms. The molecular weight excluding hydrogens is 750 g/mol. The highest BCUT2D eigenvalue weighted by Crippen LogP contribution is 2.43. The second-order valence-corrected chi connectivity index (χ2v) is 15.8. The van der Waals surface area contributed by atoms with E-state index in [1.54, 1.807) is 34.7 Å². The Labute approximate surface area is 330 Å². The van der Waals surface area contributed by atoms with Crippen molar-refractivity contribution in [1.29, 1.82) is 0 Å². The molecule has 4 aromatic heterocycles. The van der Waals surface area contributed by atoms with Crippen molar-refractivity contribution in [1.82, 2.24) is 45.0 Å². The summed E-state index contributed by atoms with van der Waals surface area (Å²) in [5, 5.41) is 20.7. The van der Waals surface area contributed by atoms with Crippen molar-refractivity contribution in [3.05, 3.63) is 78.1 Å². The number of rotatable bonds is 7. The number of piperidine rings is 1. The minimum absolute atomic E-state index is 0.258. The summed E-state index contributed by atoms with van der Waals surface area (Å²) in [6, 6.07) is 12.8. The van der Waals surface area contributed by atoms with Gasteiger partial charge < -0.3 is 19.9 Å². The van der Waals surface area contributed by atoms with Crippen LogP contribution in [0.3, 0.4) is 0 Å². The number of fused-ring (bicyclic) bond motifs is 2. The number of aryl methyl sites for hydroxylation is 2. The topological polar surface area (TPSA) is 155 Å². The fraction of sp³-hybridized carbons (Fsp3) is 0.359. The second-order valence-electron chi connectivity index (χ2n) is 14.8. The molecule has 4 aliphatic rings. The Morgan fingerprint density at radius 2 is 1.74 bits per heavy atom. The fourth-order valence-corrected chi connectivity index (χ4v) is 9.49. The van der Waals surface area contributed by atoms with Crippen molar-refractivity contribution in [3.63, 3.8) is 0 Å². The summed E-state index contributed by atoms with van der Waals surface area (Å²) < 4.78 is 22.5. The Bertz CT molecular complexity index is 2510. The third kappa shape index (κ3) is 6.47. The summed E-state index contributed by atoms with van der Waals surface area (Å²) in [4.78, 5) is 45.4. The van der Waals surface area contributed by atoms with Crippen LogP contribution in [0.15, 0.2) is 61.1 Å². The summed E-state index contributed by atoms with van der Waals surface area (Å²) in [6.45, 7) is 8.07. The molecule has 3 saturated heterocycles. The highest BCUT2D eigenvalue weighted by Gasteiger charge is 2.32. The average Bonchev–Trinajstić information content (AvgIpc) is 4.05.